The molecule has 3 aromatic rings. The summed E-state index contributed by atoms with van der Waals surface area (Å²) in [4.78, 5) is 17.4. The summed E-state index contributed by atoms with van der Waals surface area (Å²) in [6.07, 6.45) is -3.85. The van der Waals surface area contributed by atoms with Gasteiger partial charge in [-0.3, -0.25) is 9.69 Å². The van der Waals surface area contributed by atoms with E-state index < -0.39 is 27.7 Å². The van der Waals surface area contributed by atoms with Gasteiger partial charge < -0.3 is 15.0 Å². The Balaban J connectivity index is 1.23. The van der Waals surface area contributed by atoms with Crippen molar-refractivity contribution in [2.75, 3.05) is 51.6 Å². The van der Waals surface area contributed by atoms with Gasteiger partial charge >= 0.3 is 6.18 Å². The molecule has 0 aliphatic carbocycles. The second-order valence-electron chi connectivity index (χ2n) is 11.4. The first kappa shape index (κ1) is 32.0. The molecule has 5 rings (SSSR count). The van der Waals surface area contributed by atoms with Crippen LogP contribution in [-0.2, 0) is 22.7 Å². The number of hydrogen-bond acceptors (Lipinski definition) is 6. The first-order valence-corrected chi connectivity index (χ1v) is 16.1. The van der Waals surface area contributed by atoms with E-state index in [4.69, 9.17) is 4.74 Å². The number of anilines is 1. The number of likely N-dealkylation sites (N-methyl/N-ethyl adjacent to an activating group) is 1. The lowest BCUT2D eigenvalue weighted by Crippen LogP contribution is -2.44. The van der Waals surface area contributed by atoms with E-state index >= 15 is 0 Å². The van der Waals surface area contributed by atoms with Crippen molar-refractivity contribution in [2.24, 2.45) is 0 Å². The maximum absolute atomic E-state index is 14.0. The highest BCUT2D eigenvalue weighted by Gasteiger charge is 2.35. The van der Waals surface area contributed by atoms with Gasteiger partial charge in [-0.15, -0.1) is 0 Å². The van der Waals surface area contributed by atoms with Crippen molar-refractivity contribution in [1.29, 1.82) is 0 Å². The number of rotatable bonds is 8. The molecule has 2 fully saturated rings. The molecule has 2 aliphatic rings. The van der Waals surface area contributed by atoms with Crippen LogP contribution in [0.4, 0.5) is 18.9 Å². The second kappa shape index (κ2) is 13.3. The SMILES string of the molecule is Cc1ccc(NC(=O)c2ccc(CN3CCN(C)CC3)c(C(F)(F)F)c2)cc1OC1CCN(S(=O)(=O)c2ccccc2)CC1. The van der Waals surface area contributed by atoms with E-state index in [0.29, 0.717) is 50.5 Å². The zero-order valence-corrected chi connectivity index (χ0v) is 25.6. The standard InChI is InChI=1S/C32H37F3N4O4S/c1-23-8-11-26(21-30(23)43-27-12-14-39(15-13-27)44(41,42)28-6-4-3-5-7-28)36-31(40)24-9-10-25(29(20-24)32(33,34)35)22-38-18-16-37(2)17-19-38/h3-11,20-21,27H,12-19,22H2,1-2H3,(H,36,40). The zero-order chi connectivity index (χ0) is 31.5. The lowest BCUT2D eigenvalue weighted by atomic mass is 10.0. The molecule has 1 N–H and O–H groups in total. The van der Waals surface area contributed by atoms with Crippen molar-refractivity contribution in [3.63, 3.8) is 0 Å². The molecule has 8 nitrogen and oxygen atoms in total. The molecule has 0 spiro atoms. The van der Waals surface area contributed by atoms with Crippen molar-refractivity contribution in [2.45, 2.75) is 43.5 Å². The zero-order valence-electron chi connectivity index (χ0n) is 24.8. The number of hydrogen-bond donors (Lipinski definition) is 1. The van der Waals surface area contributed by atoms with Crippen LogP contribution in [0.3, 0.4) is 0 Å². The van der Waals surface area contributed by atoms with E-state index in [2.05, 4.69) is 10.2 Å². The molecule has 1 amide bonds. The maximum atomic E-state index is 14.0. The molecule has 0 unspecified atom stereocenters. The Bertz CT molecular complexity index is 1570. The largest absolute Gasteiger partial charge is 0.490 e. The van der Waals surface area contributed by atoms with Crippen LogP contribution in [0.1, 0.15) is 39.9 Å². The quantitative estimate of drug-likeness (QED) is 0.367. The van der Waals surface area contributed by atoms with Crippen LogP contribution in [0.5, 0.6) is 5.75 Å². The van der Waals surface area contributed by atoms with Gasteiger partial charge in [-0.1, -0.05) is 30.3 Å². The summed E-state index contributed by atoms with van der Waals surface area (Å²) in [6, 6.07) is 17.1. The number of piperazine rings is 1. The van der Waals surface area contributed by atoms with Gasteiger partial charge in [-0.25, -0.2) is 8.42 Å². The van der Waals surface area contributed by atoms with Crippen LogP contribution < -0.4 is 10.1 Å². The summed E-state index contributed by atoms with van der Waals surface area (Å²) < 4.78 is 75.6. The van der Waals surface area contributed by atoms with Gasteiger partial charge in [0.15, 0.2) is 0 Å². The van der Waals surface area contributed by atoms with Gasteiger partial charge in [0.05, 0.1) is 10.5 Å². The van der Waals surface area contributed by atoms with E-state index in [1.165, 1.54) is 16.4 Å². The molecule has 0 bridgehead atoms. The molecule has 0 saturated carbocycles. The Morgan fingerprint density at radius 2 is 1.61 bits per heavy atom. The van der Waals surface area contributed by atoms with Gasteiger partial charge in [0, 0.05) is 63.1 Å². The van der Waals surface area contributed by atoms with Crippen LogP contribution in [0.15, 0.2) is 71.6 Å². The number of ether oxygens (including phenoxy) is 1. The Labute approximate surface area is 256 Å². The number of sulfonamides is 1. The molecule has 2 heterocycles. The highest BCUT2D eigenvalue weighted by molar-refractivity contribution is 7.89. The van der Waals surface area contributed by atoms with E-state index in [1.54, 1.807) is 48.5 Å². The van der Waals surface area contributed by atoms with Crippen molar-refractivity contribution in [1.82, 2.24) is 14.1 Å². The lowest BCUT2D eigenvalue weighted by molar-refractivity contribution is -0.138. The summed E-state index contributed by atoms with van der Waals surface area (Å²) in [6.45, 7) is 5.58. The number of amides is 1. The van der Waals surface area contributed by atoms with Crippen LogP contribution in [0, 0.1) is 6.92 Å². The highest BCUT2D eigenvalue weighted by Crippen LogP contribution is 2.34. The second-order valence-corrected chi connectivity index (χ2v) is 13.4. The molecule has 2 aliphatic heterocycles. The van der Waals surface area contributed by atoms with Crippen molar-refractivity contribution in [3.05, 3.63) is 89.0 Å². The van der Waals surface area contributed by atoms with E-state index in [9.17, 15) is 26.4 Å². The molecule has 12 heteroatoms. The molecular formula is C32H37F3N4O4S. The first-order valence-electron chi connectivity index (χ1n) is 14.6. The number of aryl methyl sites for hydroxylation is 1. The number of benzene rings is 3. The van der Waals surface area contributed by atoms with Gasteiger partial charge in [0.1, 0.15) is 11.9 Å². The average Bonchev–Trinajstić information content (AvgIpc) is 3.00. The van der Waals surface area contributed by atoms with Gasteiger partial charge in [-0.2, -0.15) is 17.5 Å². The fourth-order valence-electron chi connectivity index (χ4n) is 5.49. The lowest BCUT2D eigenvalue weighted by Gasteiger charge is -2.33. The summed E-state index contributed by atoms with van der Waals surface area (Å²) in [7, 11) is -1.60. The predicted molar refractivity (Wildman–Crippen MR) is 162 cm³/mol. The number of nitrogens with zero attached hydrogens (tertiary/aromatic N) is 3. The van der Waals surface area contributed by atoms with Crippen LogP contribution in [0.2, 0.25) is 0 Å². The third-order valence-corrected chi connectivity index (χ3v) is 10.1. The monoisotopic (exact) mass is 630 g/mol. The molecule has 0 aromatic heterocycles. The van der Waals surface area contributed by atoms with E-state index in [0.717, 1.165) is 24.7 Å². The van der Waals surface area contributed by atoms with Gasteiger partial charge in [-0.05, 0) is 68.3 Å². The Kier molecular flexibility index (Phi) is 9.64. The number of carbonyl (C=O) groups excluding carboxylic acids is 1. The van der Waals surface area contributed by atoms with Crippen molar-refractivity contribution < 1.29 is 31.1 Å². The summed E-state index contributed by atoms with van der Waals surface area (Å²) in [5.74, 6) is -0.137. The van der Waals surface area contributed by atoms with Gasteiger partial charge in [0.25, 0.3) is 5.91 Å². The minimum absolute atomic E-state index is 0.0884. The molecule has 2 saturated heterocycles. The topological polar surface area (TPSA) is 82.2 Å². The van der Waals surface area contributed by atoms with Crippen molar-refractivity contribution in [3.8, 4) is 5.75 Å². The number of piperidine rings is 1. The normalized spacial score (nSPS) is 17.8. The summed E-state index contributed by atoms with van der Waals surface area (Å²) >= 11 is 0. The number of carbonyl (C=O) groups is 1. The summed E-state index contributed by atoms with van der Waals surface area (Å²) in [5.41, 5.74) is 0.448. The molecule has 236 valence electrons. The molecular weight excluding hydrogens is 593 g/mol. The third-order valence-electron chi connectivity index (χ3n) is 8.19. The maximum Gasteiger partial charge on any atom is 0.416 e. The van der Waals surface area contributed by atoms with Crippen LogP contribution in [-0.4, -0.2) is 80.9 Å². The van der Waals surface area contributed by atoms with Gasteiger partial charge in [0.2, 0.25) is 10.0 Å². The molecule has 0 atom stereocenters. The molecule has 3 aromatic carbocycles. The smallest absolute Gasteiger partial charge is 0.416 e. The van der Waals surface area contributed by atoms with Crippen molar-refractivity contribution >= 4 is 21.6 Å². The number of alkyl halides is 3. The molecule has 0 radical (unpaired) electrons. The van der Waals surface area contributed by atoms with E-state index in [-0.39, 0.29) is 28.7 Å². The Hall–Kier alpha value is -3.45. The number of halogens is 3. The fraction of sp³-hybridized carbons (Fsp3) is 0.406. The Morgan fingerprint density at radius 1 is 0.932 bits per heavy atom. The van der Waals surface area contributed by atoms with E-state index in [1.807, 2.05) is 18.9 Å². The number of nitrogens with one attached hydrogen (secondary N) is 1. The Morgan fingerprint density at radius 3 is 2.27 bits per heavy atom. The fourth-order valence-corrected chi connectivity index (χ4v) is 6.98. The summed E-state index contributed by atoms with van der Waals surface area (Å²) in [5, 5.41) is 2.70. The minimum atomic E-state index is -4.60. The predicted octanol–water partition coefficient (Wildman–Crippen LogP) is 5.25. The third kappa shape index (κ3) is 7.60. The van der Waals surface area contributed by atoms with Crippen LogP contribution >= 0.6 is 0 Å². The minimum Gasteiger partial charge on any atom is -0.490 e. The van der Waals surface area contributed by atoms with Crippen LogP contribution in [0.25, 0.3) is 0 Å². The highest BCUT2D eigenvalue weighted by atomic mass is 32.2. The first-order chi connectivity index (χ1) is 20.9. The molecule has 44 heavy (non-hydrogen) atoms. The average molecular weight is 631 g/mol.